The van der Waals surface area contributed by atoms with Crippen LogP contribution in [0.4, 0.5) is 0 Å². The van der Waals surface area contributed by atoms with Crippen LogP contribution in [-0.2, 0) is 0 Å². The third kappa shape index (κ3) is 3.88. The standard InChI is InChI=1S/C33H21N3S/c1-2-8-22(9-3-1)26-12-4-14-28-29-15-5-13-27(33(29)37-32(26)28)25-18-30(23-10-6-16-34-20-23)36-31(19-25)24-11-7-17-35-21-24/h1-21H. The second-order valence-electron chi connectivity index (χ2n) is 8.94. The second kappa shape index (κ2) is 9.08. The van der Waals surface area contributed by atoms with Crippen molar-refractivity contribution in [3.05, 3.63) is 128 Å². The lowest BCUT2D eigenvalue weighted by Crippen LogP contribution is -1.92. The fourth-order valence-electron chi connectivity index (χ4n) is 4.90. The predicted molar refractivity (Wildman–Crippen MR) is 154 cm³/mol. The summed E-state index contributed by atoms with van der Waals surface area (Å²) in [5.41, 5.74) is 8.62. The van der Waals surface area contributed by atoms with E-state index in [1.54, 1.807) is 12.4 Å². The monoisotopic (exact) mass is 491 g/mol. The van der Waals surface area contributed by atoms with Crippen molar-refractivity contribution in [2.75, 3.05) is 0 Å². The topological polar surface area (TPSA) is 38.7 Å². The van der Waals surface area contributed by atoms with Gasteiger partial charge in [-0.2, -0.15) is 0 Å². The molecule has 0 aliphatic heterocycles. The molecule has 3 nitrogen and oxygen atoms in total. The van der Waals surface area contributed by atoms with Crippen molar-refractivity contribution in [1.29, 1.82) is 0 Å². The van der Waals surface area contributed by atoms with Crippen molar-refractivity contribution in [3.63, 3.8) is 0 Å². The molecule has 4 heteroatoms. The van der Waals surface area contributed by atoms with Gasteiger partial charge in [0, 0.05) is 56.1 Å². The molecule has 0 amide bonds. The zero-order valence-electron chi connectivity index (χ0n) is 19.9. The predicted octanol–water partition coefficient (Wildman–Crippen LogP) is 8.91. The Hall–Kier alpha value is -4.67. The highest BCUT2D eigenvalue weighted by atomic mass is 32.1. The van der Waals surface area contributed by atoms with Crippen LogP contribution in [0.25, 0.3) is 64.9 Å². The van der Waals surface area contributed by atoms with Crippen molar-refractivity contribution in [2.45, 2.75) is 0 Å². The van der Waals surface area contributed by atoms with Crippen molar-refractivity contribution < 1.29 is 0 Å². The zero-order valence-corrected chi connectivity index (χ0v) is 20.7. The van der Waals surface area contributed by atoms with Gasteiger partial charge in [0.1, 0.15) is 0 Å². The molecule has 0 saturated carbocycles. The van der Waals surface area contributed by atoms with E-state index in [4.69, 9.17) is 4.98 Å². The van der Waals surface area contributed by atoms with Crippen LogP contribution in [0.5, 0.6) is 0 Å². The van der Waals surface area contributed by atoms with Gasteiger partial charge in [-0.1, -0.05) is 66.7 Å². The number of nitrogens with zero attached hydrogens (tertiary/aromatic N) is 3. The van der Waals surface area contributed by atoms with Crippen LogP contribution in [-0.4, -0.2) is 15.0 Å². The Bertz CT molecular complexity index is 1800. The summed E-state index contributed by atoms with van der Waals surface area (Å²) in [6, 6.07) is 36.2. The summed E-state index contributed by atoms with van der Waals surface area (Å²) < 4.78 is 2.59. The van der Waals surface area contributed by atoms with Gasteiger partial charge in [0.15, 0.2) is 0 Å². The first-order valence-electron chi connectivity index (χ1n) is 12.2. The van der Waals surface area contributed by atoms with Crippen molar-refractivity contribution in [2.24, 2.45) is 0 Å². The van der Waals surface area contributed by atoms with Crippen LogP contribution in [0.15, 0.2) is 128 Å². The molecule has 0 N–H and O–H groups in total. The van der Waals surface area contributed by atoms with Crippen molar-refractivity contribution >= 4 is 31.5 Å². The maximum Gasteiger partial charge on any atom is 0.0731 e. The average molecular weight is 492 g/mol. The Morgan fingerprint density at radius 2 is 1.00 bits per heavy atom. The van der Waals surface area contributed by atoms with Gasteiger partial charge in [-0.15, -0.1) is 11.3 Å². The molecule has 4 heterocycles. The van der Waals surface area contributed by atoms with Gasteiger partial charge in [-0.05, 0) is 58.7 Å². The minimum Gasteiger partial charge on any atom is -0.264 e. The molecule has 0 atom stereocenters. The lowest BCUT2D eigenvalue weighted by molar-refractivity contribution is 1.26. The molecule has 0 aliphatic rings. The number of pyridine rings is 3. The van der Waals surface area contributed by atoms with E-state index in [0.717, 1.165) is 28.1 Å². The summed E-state index contributed by atoms with van der Waals surface area (Å²) in [5, 5.41) is 2.56. The Kier molecular flexibility index (Phi) is 5.30. The fraction of sp³-hybridized carbons (Fsp3) is 0. The molecule has 0 bridgehead atoms. The third-order valence-corrected chi connectivity index (χ3v) is 7.95. The summed E-state index contributed by atoms with van der Waals surface area (Å²) in [7, 11) is 0. The average Bonchev–Trinajstić information content (AvgIpc) is 3.37. The summed E-state index contributed by atoms with van der Waals surface area (Å²) in [6.45, 7) is 0. The van der Waals surface area contributed by atoms with Gasteiger partial charge in [0.25, 0.3) is 0 Å². The first-order valence-corrected chi connectivity index (χ1v) is 13.0. The molecule has 0 fully saturated rings. The van der Waals surface area contributed by atoms with Crippen LogP contribution in [0.2, 0.25) is 0 Å². The maximum atomic E-state index is 5.00. The van der Waals surface area contributed by atoms with Gasteiger partial charge < -0.3 is 0 Å². The molecule has 7 rings (SSSR count). The summed E-state index contributed by atoms with van der Waals surface area (Å²) in [5.74, 6) is 0. The zero-order chi connectivity index (χ0) is 24.6. The highest BCUT2D eigenvalue weighted by Gasteiger charge is 2.16. The maximum absolute atomic E-state index is 5.00. The molecule has 0 unspecified atom stereocenters. The van der Waals surface area contributed by atoms with Crippen LogP contribution in [0, 0.1) is 0 Å². The molecule has 3 aromatic carbocycles. The lowest BCUT2D eigenvalue weighted by Gasteiger charge is -2.10. The van der Waals surface area contributed by atoms with Gasteiger partial charge in [0.2, 0.25) is 0 Å². The quantitative estimate of drug-likeness (QED) is 0.247. The Balaban J connectivity index is 1.49. The number of hydrogen-bond donors (Lipinski definition) is 0. The highest BCUT2D eigenvalue weighted by molar-refractivity contribution is 7.26. The second-order valence-corrected chi connectivity index (χ2v) is 9.96. The minimum absolute atomic E-state index is 0.896. The van der Waals surface area contributed by atoms with E-state index in [2.05, 4.69) is 101 Å². The molecular formula is C33H21N3S. The summed E-state index contributed by atoms with van der Waals surface area (Å²) in [6.07, 6.45) is 7.31. The number of rotatable bonds is 4. The van der Waals surface area contributed by atoms with E-state index in [0.29, 0.717) is 0 Å². The van der Waals surface area contributed by atoms with Gasteiger partial charge in [-0.25, -0.2) is 4.98 Å². The van der Waals surface area contributed by atoms with Gasteiger partial charge in [0.05, 0.1) is 11.4 Å². The molecule has 0 aliphatic carbocycles. The first-order chi connectivity index (χ1) is 18.3. The molecule has 174 valence electrons. The van der Waals surface area contributed by atoms with E-state index < -0.39 is 0 Å². The van der Waals surface area contributed by atoms with E-state index >= 15 is 0 Å². The molecule has 7 aromatic rings. The summed E-state index contributed by atoms with van der Waals surface area (Å²) in [4.78, 5) is 13.7. The number of thiophene rings is 1. The molecular weight excluding hydrogens is 470 g/mol. The van der Waals surface area contributed by atoms with Crippen LogP contribution >= 0.6 is 11.3 Å². The first kappa shape index (κ1) is 21.6. The molecule has 4 aromatic heterocycles. The normalized spacial score (nSPS) is 11.2. The van der Waals surface area contributed by atoms with Crippen LogP contribution in [0.3, 0.4) is 0 Å². The smallest absolute Gasteiger partial charge is 0.0731 e. The van der Waals surface area contributed by atoms with Gasteiger partial charge >= 0.3 is 0 Å². The number of hydrogen-bond acceptors (Lipinski definition) is 4. The highest BCUT2D eigenvalue weighted by Crippen LogP contribution is 2.44. The molecule has 37 heavy (non-hydrogen) atoms. The lowest BCUT2D eigenvalue weighted by atomic mass is 9.98. The number of aromatic nitrogens is 3. The SMILES string of the molecule is c1ccc(-c2cccc3c2sc2c(-c4cc(-c5cccnc5)nc(-c5cccnc5)c4)cccc23)cc1. The number of fused-ring (bicyclic) bond motifs is 3. The van der Waals surface area contributed by atoms with Gasteiger partial charge in [-0.3, -0.25) is 9.97 Å². The van der Waals surface area contributed by atoms with E-state index in [9.17, 15) is 0 Å². The number of benzene rings is 3. The largest absolute Gasteiger partial charge is 0.264 e. The van der Waals surface area contributed by atoms with E-state index in [-0.39, 0.29) is 0 Å². The van der Waals surface area contributed by atoms with E-state index in [1.807, 2.05) is 35.9 Å². The molecule has 0 spiro atoms. The Morgan fingerprint density at radius 1 is 0.459 bits per heavy atom. The summed E-state index contributed by atoms with van der Waals surface area (Å²) >= 11 is 1.86. The van der Waals surface area contributed by atoms with Crippen molar-refractivity contribution in [1.82, 2.24) is 15.0 Å². The fourth-order valence-corrected chi connectivity index (χ4v) is 6.27. The van der Waals surface area contributed by atoms with Crippen molar-refractivity contribution in [3.8, 4) is 44.8 Å². The molecule has 0 saturated heterocycles. The van der Waals surface area contributed by atoms with Crippen LogP contribution in [0.1, 0.15) is 0 Å². The Morgan fingerprint density at radius 3 is 1.54 bits per heavy atom. The van der Waals surface area contributed by atoms with Crippen LogP contribution < -0.4 is 0 Å². The molecule has 0 radical (unpaired) electrons. The Labute approximate surface area is 218 Å². The minimum atomic E-state index is 0.896. The third-order valence-electron chi connectivity index (χ3n) is 6.66. The van der Waals surface area contributed by atoms with E-state index in [1.165, 1.54) is 36.9 Å².